The number of carbonyl (C=O) groups excluding carboxylic acids is 2. The smallest absolute Gasteiger partial charge is 0.352 e. The van der Waals surface area contributed by atoms with Crippen LogP contribution < -0.4 is 0 Å². The van der Waals surface area contributed by atoms with Crippen LogP contribution in [0.25, 0.3) is 0 Å². The fourth-order valence-electron chi connectivity index (χ4n) is 2.28. The van der Waals surface area contributed by atoms with Gasteiger partial charge < -0.3 is 9.47 Å². The van der Waals surface area contributed by atoms with Gasteiger partial charge in [0.15, 0.2) is 0 Å². The van der Waals surface area contributed by atoms with Crippen LogP contribution in [0.4, 0.5) is 0 Å². The van der Waals surface area contributed by atoms with E-state index in [0.29, 0.717) is 22.2 Å². The fourth-order valence-corrected chi connectivity index (χ4v) is 2.72. The molecule has 0 radical (unpaired) electrons. The van der Waals surface area contributed by atoms with Crippen molar-refractivity contribution >= 4 is 27.9 Å². The fraction of sp³-hybridized carbons (Fsp3) is 0.300. The van der Waals surface area contributed by atoms with Gasteiger partial charge in [0.2, 0.25) is 6.10 Å². The van der Waals surface area contributed by atoms with Crippen LogP contribution in [-0.4, -0.2) is 18.5 Å². The van der Waals surface area contributed by atoms with Crippen molar-refractivity contribution in [3.8, 4) is 0 Å². The summed E-state index contributed by atoms with van der Waals surface area (Å²) < 4.78 is 11.4. The van der Waals surface area contributed by atoms with E-state index in [1.807, 2.05) is 6.07 Å². The molecule has 0 bridgehead atoms. The molecule has 25 heavy (non-hydrogen) atoms. The molecule has 4 nitrogen and oxygen atoms in total. The zero-order valence-electron chi connectivity index (χ0n) is 14.1. The normalized spacial score (nSPS) is 11.6. The van der Waals surface area contributed by atoms with Crippen molar-refractivity contribution in [1.29, 1.82) is 0 Å². The number of ether oxygens (including phenoxy) is 2. The maximum atomic E-state index is 12.5. The Morgan fingerprint density at radius 1 is 1.00 bits per heavy atom. The van der Waals surface area contributed by atoms with E-state index >= 15 is 0 Å². The first-order valence-electron chi connectivity index (χ1n) is 8.30. The van der Waals surface area contributed by atoms with E-state index in [4.69, 9.17) is 9.47 Å². The predicted octanol–water partition coefficient (Wildman–Crippen LogP) is 5.08. The van der Waals surface area contributed by atoms with Gasteiger partial charge in [-0.15, -0.1) is 0 Å². The highest BCUT2D eigenvalue weighted by Crippen LogP contribution is 2.24. The molecule has 0 saturated carbocycles. The summed E-state index contributed by atoms with van der Waals surface area (Å²) in [7, 11) is 0. The number of carbonyl (C=O) groups is 2. The van der Waals surface area contributed by atoms with Crippen molar-refractivity contribution in [3.63, 3.8) is 0 Å². The molecule has 0 heterocycles. The monoisotopic (exact) mass is 404 g/mol. The molecular formula is C20H21BrO4. The molecule has 0 amide bonds. The minimum atomic E-state index is -1.08. The highest BCUT2D eigenvalue weighted by molar-refractivity contribution is 9.10. The first kappa shape index (κ1) is 19.2. The second-order valence-corrected chi connectivity index (χ2v) is 6.40. The van der Waals surface area contributed by atoms with Gasteiger partial charge in [0.25, 0.3) is 0 Å². The van der Waals surface area contributed by atoms with Gasteiger partial charge in [-0.05, 0) is 34.5 Å². The summed E-state index contributed by atoms with van der Waals surface area (Å²) in [4.78, 5) is 24.9. The summed E-state index contributed by atoms with van der Waals surface area (Å²) in [6.45, 7) is 2.40. The first-order valence-corrected chi connectivity index (χ1v) is 9.10. The van der Waals surface area contributed by atoms with E-state index in [1.165, 1.54) is 0 Å². The lowest BCUT2D eigenvalue weighted by molar-refractivity contribution is -0.154. The van der Waals surface area contributed by atoms with Crippen molar-refractivity contribution < 1.29 is 19.1 Å². The zero-order valence-corrected chi connectivity index (χ0v) is 15.7. The van der Waals surface area contributed by atoms with E-state index < -0.39 is 18.0 Å². The third kappa shape index (κ3) is 5.71. The summed E-state index contributed by atoms with van der Waals surface area (Å²) >= 11 is 3.32. The average Bonchev–Trinajstić information content (AvgIpc) is 2.64. The van der Waals surface area contributed by atoms with Crippen LogP contribution in [0.5, 0.6) is 0 Å². The minimum absolute atomic E-state index is 0.322. The quantitative estimate of drug-likeness (QED) is 0.454. The molecule has 0 aliphatic carbocycles. The lowest BCUT2D eigenvalue weighted by Crippen LogP contribution is -2.22. The Bertz CT molecular complexity index is 700. The molecular weight excluding hydrogens is 384 g/mol. The number of hydrogen-bond acceptors (Lipinski definition) is 4. The van der Waals surface area contributed by atoms with Crippen LogP contribution in [-0.2, 0) is 14.3 Å². The molecule has 0 N–H and O–H groups in total. The maximum Gasteiger partial charge on any atom is 0.352 e. The van der Waals surface area contributed by atoms with Crippen molar-refractivity contribution in [3.05, 3.63) is 70.2 Å². The number of benzene rings is 2. The van der Waals surface area contributed by atoms with E-state index in [2.05, 4.69) is 22.9 Å². The van der Waals surface area contributed by atoms with E-state index in [-0.39, 0.29) is 0 Å². The van der Waals surface area contributed by atoms with Crippen LogP contribution in [0.15, 0.2) is 59.1 Å². The van der Waals surface area contributed by atoms with Gasteiger partial charge in [0, 0.05) is 10.0 Å². The summed E-state index contributed by atoms with van der Waals surface area (Å²) in [5.41, 5.74) is 0.950. The van der Waals surface area contributed by atoms with Gasteiger partial charge in [-0.2, -0.15) is 0 Å². The van der Waals surface area contributed by atoms with Crippen molar-refractivity contribution in [2.75, 3.05) is 6.61 Å². The molecule has 2 aromatic rings. The second kappa shape index (κ2) is 9.99. The summed E-state index contributed by atoms with van der Waals surface area (Å²) in [5, 5.41) is 0. The summed E-state index contributed by atoms with van der Waals surface area (Å²) in [6.07, 6.45) is 1.74. The van der Waals surface area contributed by atoms with Gasteiger partial charge in [-0.1, -0.05) is 62.2 Å². The van der Waals surface area contributed by atoms with Crippen LogP contribution in [0, 0.1) is 0 Å². The topological polar surface area (TPSA) is 52.6 Å². The molecule has 2 rings (SSSR count). The molecule has 132 valence electrons. The SMILES string of the molecule is CCCCCOC(=O)C(OC(=O)c1ccccc1Br)c1ccccc1. The van der Waals surface area contributed by atoms with Gasteiger partial charge in [0.1, 0.15) is 0 Å². The van der Waals surface area contributed by atoms with E-state index in [0.717, 1.165) is 19.3 Å². The highest BCUT2D eigenvalue weighted by Gasteiger charge is 2.27. The molecule has 0 saturated heterocycles. The second-order valence-electron chi connectivity index (χ2n) is 5.55. The minimum Gasteiger partial charge on any atom is -0.463 e. The molecule has 5 heteroatoms. The average molecular weight is 405 g/mol. The summed E-state index contributed by atoms with van der Waals surface area (Å²) in [5.74, 6) is -1.13. The molecule has 0 aromatic heterocycles. The van der Waals surface area contributed by atoms with Gasteiger partial charge >= 0.3 is 11.9 Å². The first-order chi connectivity index (χ1) is 12.1. The molecule has 1 atom stereocenters. The Hall–Kier alpha value is -2.14. The van der Waals surface area contributed by atoms with Gasteiger partial charge in [-0.3, -0.25) is 0 Å². The molecule has 0 aliphatic rings. The zero-order chi connectivity index (χ0) is 18.1. The van der Waals surface area contributed by atoms with E-state index in [1.54, 1.807) is 48.5 Å². The third-order valence-electron chi connectivity index (χ3n) is 3.63. The molecule has 0 spiro atoms. The lowest BCUT2D eigenvalue weighted by Gasteiger charge is -2.17. The Kier molecular flexibility index (Phi) is 7.67. The van der Waals surface area contributed by atoms with Gasteiger partial charge in [-0.25, -0.2) is 9.59 Å². The van der Waals surface area contributed by atoms with Crippen LogP contribution in [0.3, 0.4) is 0 Å². The Labute approximate surface area is 156 Å². The maximum absolute atomic E-state index is 12.5. The van der Waals surface area contributed by atoms with Gasteiger partial charge in [0.05, 0.1) is 12.2 Å². The Morgan fingerprint density at radius 2 is 1.68 bits per heavy atom. The molecule has 0 fully saturated rings. The van der Waals surface area contributed by atoms with Crippen LogP contribution in [0.1, 0.15) is 48.2 Å². The Balaban J connectivity index is 2.13. The molecule has 2 aromatic carbocycles. The van der Waals surface area contributed by atoms with Crippen LogP contribution in [0.2, 0.25) is 0 Å². The number of rotatable bonds is 8. The number of unbranched alkanes of at least 4 members (excludes halogenated alkanes) is 2. The standard InChI is InChI=1S/C20H21BrO4/c1-2-3-9-14-24-20(23)18(15-10-5-4-6-11-15)25-19(22)16-12-7-8-13-17(16)21/h4-8,10-13,18H,2-3,9,14H2,1H3. The number of esters is 2. The number of hydrogen-bond donors (Lipinski definition) is 0. The highest BCUT2D eigenvalue weighted by atomic mass is 79.9. The van der Waals surface area contributed by atoms with Crippen molar-refractivity contribution in [2.45, 2.75) is 32.3 Å². The largest absolute Gasteiger partial charge is 0.463 e. The Morgan fingerprint density at radius 3 is 2.36 bits per heavy atom. The van der Waals surface area contributed by atoms with E-state index in [9.17, 15) is 9.59 Å². The lowest BCUT2D eigenvalue weighted by atomic mass is 10.1. The molecule has 1 unspecified atom stereocenters. The van der Waals surface area contributed by atoms with Crippen molar-refractivity contribution in [1.82, 2.24) is 0 Å². The van der Waals surface area contributed by atoms with Crippen molar-refractivity contribution in [2.24, 2.45) is 0 Å². The summed E-state index contributed by atoms with van der Waals surface area (Å²) in [6, 6.07) is 15.8. The predicted molar refractivity (Wildman–Crippen MR) is 99.2 cm³/mol. The molecule has 0 aliphatic heterocycles. The third-order valence-corrected chi connectivity index (χ3v) is 4.32. The van der Waals surface area contributed by atoms with Crippen LogP contribution >= 0.6 is 15.9 Å². The number of halogens is 1.